The fraction of sp³-hybridized carbons (Fsp3) is 0.312. The van der Waals surface area contributed by atoms with Gasteiger partial charge in [-0.2, -0.15) is 5.26 Å². The maximum absolute atomic E-state index is 12.3. The van der Waals surface area contributed by atoms with Crippen LogP contribution in [0, 0.1) is 11.3 Å². The van der Waals surface area contributed by atoms with E-state index in [4.69, 9.17) is 5.26 Å². The molecule has 108 valence electrons. The molecule has 0 aliphatic heterocycles. The lowest BCUT2D eigenvalue weighted by Crippen LogP contribution is -2.26. The fourth-order valence-electron chi connectivity index (χ4n) is 2.07. The molecule has 2 rings (SSSR count). The number of anilines is 1. The lowest BCUT2D eigenvalue weighted by atomic mass is 10.1. The highest BCUT2D eigenvalue weighted by Gasteiger charge is 2.11. The number of hydrogen-bond acceptors (Lipinski definition) is 4. The van der Waals surface area contributed by atoms with Gasteiger partial charge in [0.05, 0.1) is 17.7 Å². The summed E-state index contributed by atoms with van der Waals surface area (Å²) >= 11 is 0. The first-order valence-electron chi connectivity index (χ1n) is 6.86. The number of rotatable bonds is 4. The molecule has 1 aromatic heterocycles. The molecule has 1 heterocycles. The molecule has 0 saturated heterocycles. The normalized spacial score (nSPS) is 12.0. The van der Waals surface area contributed by atoms with Crippen molar-refractivity contribution in [2.45, 2.75) is 32.9 Å². The maximum Gasteiger partial charge on any atom is 0.293 e. The van der Waals surface area contributed by atoms with E-state index in [1.54, 1.807) is 29.1 Å². The third kappa shape index (κ3) is 3.29. The maximum atomic E-state index is 12.3. The molecule has 0 aliphatic carbocycles. The average molecular weight is 282 g/mol. The van der Waals surface area contributed by atoms with Crippen LogP contribution in [0.15, 0.2) is 41.5 Å². The smallest absolute Gasteiger partial charge is 0.293 e. The minimum atomic E-state index is -0.131. The highest BCUT2D eigenvalue weighted by molar-refractivity contribution is 5.38. The van der Waals surface area contributed by atoms with E-state index in [2.05, 4.69) is 16.4 Å². The van der Waals surface area contributed by atoms with Gasteiger partial charge in [-0.05, 0) is 38.5 Å². The number of nitriles is 1. The van der Waals surface area contributed by atoms with Gasteiger partial charge in [0.1, 0.15) is 0 Å². The molecular weight excluding hydrogens is 264 g/mol. The third-order valence-electron chi connectivity index (χ3n) is 3.32. The Labute approximate surface area is 123 Å². The van der Waals surface area contributed by atoms with E-state index in [0.29, 0.717) is 11.4 Å². The van der Waals surface area contributed by atoms with Gasteiger partial charge in [-0.25, -0.2) is 4.98 Å². The van der Waals surface area contributed by atoms with Gasteiger partial charge in [-0.1, -0.05) is 12.1 Å². The predicted molar refractivity (Wildman–Crippen MR) is 82.1 cm³/mol. The van der Waals surface area contributed by atoms with Gasteiger partial charge >= 0.3 is 0 Å². The van der Waals surface area contributed by atoms with E-state index in [1.165, 1.54) is 0 Å². The molecule has 2 aromatic rings. The second-order valence-electron chi connectivity index (χ2n) is 5.18. The van der Waals surface area contributed by atoms with E-state index in [9.17, 15) is 4.79 Å². The van der Waals surface area contributed by atoms with Gasteiger partial charge in [0.2, 0.25) is 0 Å². The summed E-state index contributed by atoms with van der Waals surface area (Å²) in [6.45, 7) is 5.86. The molecule has 0 radical (unpaired) electrons. The lowest BCUT2D eigenvalue weighted by Gasteiger charge is -2.16. The minimum absolute atomic E-state index is 0.0686. The molecule has 1 unspecified atom stereocenters. The molecule has 0 amide bonds. The number of nitrogens with one attached hydrogen (secondary N) is 1. The van der Waals surface area contributed by atoms with Crippen molar-refractivity contribution >= 4 is 5.82 Å². The second-order valence-corrected chi connectivity index (χ2v) is 5.18. The summed E-state index contributed by atoms with van der Waals surface area (Å²) in [5.74, 6) is 0.336. The largest absolute Gasteiger partial charge is 0.359 e. The van der Waals surface area contributed by atoms with Gasteiger partial charge in [-0.15, -0.1) is 0 Å². The van der Waals surface area contributed by atoms with Crippen molar-refractivity contribution < 1.29 is 0 Å². The summed E-state index contributed by atoms with van der Waals surface area (Å²) in [6, 6.07) is 9.38. The average Bonchev–Trinajstić information content (AvgIpc) is 2.49. The summed E-state index contributed by atoms with van der Waals surface area (Å²) in [5, 5.41) is 11.9. The quantitative estimate of drug-likeness (QED) is 0.936. The van der Waals surface area contributed by atoms with Crippen LogP contribution in [0.1, 0.15) is 44.0 Å². The Hall–Kier alpha value is -2.61. The Bertz CT molecular complexity index is 710. The standard InChI is InChI=1S/C16H18N4O/c1-11(2)20-9-8-18-15(16(20)21)19-12(3)14-6-4-13(10-17)5-7-14/h4-9,11-12H,1-3H3,(H,18,19). The number of aromatic nitrogens is 2. The monoisotopic (exact) mass is 282 g/mol. The van der Waals surface area contributed by atoms with Crippen LogP contribution in [0.5, 0.6) is 0 Å². The second kappa shape index (κ2) is 6.23. The zero-order chi connectivity index (χ0) is 15.4. The van der Waals surface area contributed by atoms with Crippen molar-refractivity contribution in [3.63, 3.8) is 0 Å². The van der Waals surface area contributed by atoms with Gasteiger partial charge < -0.3 is 9.88 Å². The van der Waals surface area contributed by atoms with Crippen molar-refractivity contribution in [2.75, 3.05) is 5.32 Å². The van der Waals surface area contributed by atoms with E-state index in [1.807, 2.05) is 32.9 Å². The summed E-state index contributed by atoms with van der Waals surface area (Å²) in [4.78, 5) is 16.4. The first-order chi connectivity index (χ1) is 10.0. The van der Waals surface area contributed by atoms with Crippen LogP contribution in [-0.2, 0) is 0 Å². The van der Waals surface area contributed by atoms with Crippen molar-refractivity contribution in [1.29, 1.82) is 5.26 Å². The Kier molecular flexibility index (Phi) is 4.39. The summed E-state index contributed by atoms with van der Waals surface area (Å²) in [6.07, 6.45) is 3.31. The minimum Gasteiger partial charge on any atom is -0.359 e. The van der Waals surface area contributed by atoms with Crippen LogP contribution < -0.4 is 10.9 Å². The van der Waals surface area contributed by atoms with Crippen LogP contribution in [-0.4, -0.2) is 9.55 Å². The van der Waals surface area contributed by atoms with Crippen LogP contribution in [0.4, 0.5) is 5.82 Å². The predicted octanol–water partition coefficient (Wildman–Crippen LogP) is 2.87. The molecule has 1 aromatic carbocycles. The topological polar surface area (TPSA) is 70.7 Å². The SMILES string of the molecule is CC(Nc1nccn(C(C)C)c1=O)c1ccc(C#N)cc1. The van der Waals surface area contributed by atoms with E-state index in [-0.39, 0.29) is 17.6 Å². The van der Waals surface area contributed by atoms with Gasteiger partial charge in [0, 0.05) is 18.4 Å². The van der Waals surface area contributed by atoms with Gasteiger partial charge in [0.25, 0.3) is 5.56 Å². The Morgan fingerprint density at radius 3 is 2.48 bits per heavy atom. The Morgan fingerprint density at radius 2 is 1.90 bits per heavy atom. The Balaban J connectivity index is 2.23. The third-order valence-corrected chi connectivity index (χ3v) is 3.32. The Morgan fingerprint density at radius 1 is 1.24 bits per heavy atom. The molecule has 5 nitrogen and oxygen atoms in total. The molecule has 0 saturated carbocycles. The molecule has 21 heavy (non-hydrogen) atoms. The molecular formula is C16H18N4O. The van der Waals surface area contributed by atoms with Crippen molar-refractivity contribution in [3.8, 4) is 6.07 Å². The molecule has 0 bridgehead atoms. The summed E-state index contributed by atoms with van der Waals surface area (Å²) in [5.41, 5.74) is 1.48. The van der Waals surface area contributed by atoms with E-state index in [0.717, 1.165) is 5.56 Å². The highest BCUT2D eigenvalue weighted by Crippen LogP contribution is 2.16. The first kappa shape index (κ1) is 14.8. The molecule has 5 heteroatoms. The highest BCUT2D eigenvalue weighted by atomic mass is 16.1. The molecule has 0 fully saturated rings. The summed E-state index contributed by atoms with van der Waals surface area (Å²) < 4.78 is 1.64. The van der Waals surface area contributed by atoms with E-state index >= 15 is 0 Å². The van der Waals surface area contributed by atoms with Crippen molar-refractivity contribution in [1.82, 2.24) is 9.55 Å². The van der Waals surface area contributed by atoms with E-state index < -0.39 is 0 Å². The molecule has 0 spiro atoms. The number of benzene rings is 1. The number of nitrogens with zero attached hydrogens (tertiary/aromatic N) is 3. The zero-order valence-corrected chi connectivity index (χ0v) is 12.4. The van der Waals surface area contributed by atoms with Crippen LogP contribution in [0.25, 0.3) is 0 Å². The fourth-order valence-corrected chi connectivity index (χ4v) is 2.07. The van der Waals surface area contributed by atoms with Crippen molar-refractivity contribution in [3.05, 3.63) is 58.1 Å². The molecule has 0 aliphatic rings. The zero-order valence-electron chi connectivity index (χ0n) is 12.4. The van der Waals surface area contributed by atoms with Crippen LogP contribution >= 0.6 is 0 Å². The number of hydrogen-bond donors (Lipinski definition) is 1. The van der Waals surface area contributed by atoms with Gasteiger partial charge in [0.15, 0.2) is 5.82 Å². The van der Waals surface area contributed by atoms with Crippen LogP contribution in [0.2, 0.25) is 0 Å². The van der Waals surface area contributed by atoms with Crippen LogP contribution in [0.3, 0.4) is 0 Å². The first-order valence-corrected chi connectivity index (χ1v) is 6.86. The summed E-state index contributed by atoms with van der Waals surface area (Å²) in [7, 11) is 0. The molecule has 1 N–H and O–H groups in total. The van der Waals surface area contributed by atoms with Gasteiger partial charge in [-0.3, -0.25) is 4.79 Å². The molecule has 1 atom stereocenters. The van der Waals surface area contributed by atoms with Crippen molar-refractivity contribution in [2.24, 2.45) is 0 Å². The lowest BCUT2D eigenvalue weighted by molar-refractivity contribution is 0.574.